The molecule has 9 heteroatoms. The second-order valence-electron chi connectivity index (χ2n) is 7.18. The number of ether oxygens (including phenoxy) is 1. The van der Waals surface area contributed by atoms with Gasteiger partial charge in [-0.25, -0.2) is 14.5 Å². The van der Waals surface area contributed by atoms with Crippen LogP contribution < -0.4 is 10.9 Å². The van der Waals surface area contributed by atoms with E-state index in [-0.39, 0.29) is 29.0 Å². The second-order valence-corrected chi connectivity index (χ2v) is 7.18. The number of nitrogens with zero attached hydrogens (tertiary/aromatic N) is 2. The molecule has 4 rings (SSSR count). The number of aromatic carboxylic acids is 1. The van der Waals surface area contributed by atoms with Crippen molar-refractivity contribution in [3.05, 3.63) is 87.5 Å². The highest BCUT2D eigenvalue weighted by Crippen LogP contribution is 2.26. The topological polar surface area (TPSA) is 126 Å². The van der Waals surface area contributed by atoms with E-state index >= 15 is 0 Å². The molecule has 162 valence electrons. The minimum absolute atomic E-state index is 0.00967. The number of benzene rings is 2. The molecule has 0 saturated heterocycles. The molecule has 0 atom stereocenters. The van der Waals surface area contributed by atoms with E-state index in [2.05, 4.69) is 15.4 Å². The zero-order chi connectivity index (χ0) is 22.8. The van der Waals surface area contributed by atoms with Crippen molar-refractivity contribution in [1.29, 1.82) is 0 Å². The molecule has 9 nitrogen and oxygen atoms in total. The summed E-state index contributed by atoms with van der Waals surface area (Å²) in [6, 6.07) is 14.9. The summed E-state index contributed by atoms with van der Waals surface area (Å²) in [5, 5.41) is 15.9. The third-order valence-electron chi connectivity index (χ3n) is 4.92. The molecule has 2 heterocycles. The van der Waals surface area contributed by atoms with Gasteiger partial charge < -0.3 is 15.2 Å². The number of para-hydroxylation sites is 1. The SMILES string of the molecule is COCc1nc2ccccc2c(C(=O)Nc2ccc(-n3[nH]c(C)cc3=O)cc2)c1C(=O)O. The van der Waals surface area contributed by atoms with Crippen LogP contribution >= 0.6 is 0 Å². The third-order valence-corrected chi connectivity index (χ3v) is 4.92. The van der Waals surface area contributed by atoms with Crippen molar-refractivity contribution in [3.63, 3.8) is 0 Å². The number of carboxylic acid groups (broad SMARTS) is 1. The fourth-order valence-electron chi connectivity index (χ4n) is 3.56. The molecule has 0 spiro atoms. The summed E-state index contributed by atoms with van der Waals surface area (Å²) in [7, 11) is 1.43. The summed E-state index contributed by atoms with van der Waals surface area (Å²) < 4.78 is 6.48. The number of H-pyrrole nitrogens is 1. The van der Waals surface area contributed by atoms with Gasteiger partial charge in [0.05, 0.1) is 34.6 Å². The lowest BCUT2D eigenvalue weighted by Gasteiger charge is -2.14. The molecule has 0 aliphatic carbocycles. The van der Waals surface area contributed by atoms with Gasteiger partial charge in [0, 0.05) is 29.9 Å². The number of anilines is 1. The maximum Gasteiger partial charge on any atom is 0.338 e. The van der Waals surface area contributed by atoms with Crippen LogP contribution in [0.25, 0.3) is 16.6 Å². The number of nitrogens with one attached hydrogen (secondary N) is 2. The Balaban J connectivity index is 1.74. The van der Waals surface area contributed by atoms with Gasteiger partial charge in [0.2, 0.25) is 0 Å². The highest BCUT2D eigenvalue weighted by molar-refractivity contribution is 6.18. The zero-order valence-electron chi connectivity index (χ0n) is 17.4. The normalized spacial score (nSPS) is 10.9. The van der Waals surface area contributed by atoms with Gasteiger partial charge >= 0.3 is 5.97 Å². The lowest BCUT2D eigenvalue weighted by Crippen LogP contribution is -2.20. The summed E-state index contributed by atoms with van der Waals surface area (Å²) in [5.41, 5.74) is 2.05. The van der Waals surface area contributed by atoms with Crippen molar-refractivity contribution in [2.24, 2.45) is 0 Å². The third kappa shape index (κ3) is 3.88. The number of fused-ring (bicyclic) bond motifs is 1. The first kappa shape index (κ1) is 21.0. The Morgan fingerprint density at radius 3 is 2.47 bits per heavy atom. The molecular weight excluding hydrogens is 412 g/mol. The van der Waals surface area contributed by atoms with Crippen LogP contribution in [-0.4, -0.2) is 38.9 Å². The first-order valence-corrected chi connectivity index (χ1v) is 9.73. The fourth-order valence-corrected chi connectivity index (χ4v) is 3.56. The molecule has 1 amide bonds. The van der Waals surface area contributed by atoms with Crippen molar-refractivity contribution in [3.8, 4) is 5.69 Å². The molecular formula is C23H20N4O5. The van der Waals surface area contributed by atoms with E-state index in [1.165, 1.54) is 17.9 Å². The Bertz CT molecular complexity index is 1390. The van der Waals surface area contributed by atoms with Gasteiger partial charge in [0.25, 0.3) is 11.5 Å². The Morgan fingerprint density at radius 1 is 1.12 bits per heavy atom. The van der Waals surface area contributed by atoms with Crippen LogP contribution in [0.4, 0.5) is 5.69 Å². The lowest BCUT2D eigenvalue weighted by molar-refractivity contribution is 0.0686. The number of amides is 1. The van der Waals surface area contributed by atoms with Gasteiger partial charge in [-0.2, -0.15) is 0 Å². The summed E-state index contributed by atoms with van der Waals surface area (Å²) in [4.78, 5) is 41.6. The Morgan fingerprint density at radius 2 is 1.84 bits per heavy atom. The number of aromatic nitrogens is 3. The summed E-state index contributed by atoms with van der Waals surface area (Å²) in [6.07, 6.45) is 0. The van der Waals surface area contributed by atoms with Crippen molar-refractivity contribution in [1.82, 2.24) is 14.8 Å². The van der Waals surface area contributed by atoms with Crippen LogP contribution in [-0.2, 0) is 11.3 Å². The number of hydrogen-bond donors (Lipinski definition) is 3. The van der Waals surface area contributed by atoms with Crippen LogP contribution in [0, 0.1) is 6.92 Å². The van der Waals surface area contributed by atoms with Gasteiger partial charge in [-0.3, -0.25) is 14.7 Å². The van der Waals surface area contributed by atoms with E-state index in [0.29, 0.717) is 22.3 Å². The molecule has 0 aliphatic rings. The molecule has 0 aliphatic heterocycles. The van der Waals surface area contributed by atoms with Crippen molar-refractivity contribution in [2.75, 3.05) is 12.4 Å². The number of carboxylic acids is 1. The summed E-state index contributed by atoms with van der Waals surface area (Å²) in [6.45, 7) is 1.73. The number of pyridine rings is 1. The van der Waals surface area contributed by atoms with E-state index in [1.807, 2.05) is 0 Å². The Hall–Kier alpha value is -4.24. The summed E-state index contributed by atoms with van der Waals surface area (Å²) in [5.74, 6) is -1.85. The molecule has 0 saturated carbocycles. The average Bonchev–Trinajstić information content (AvgIpc) is 3.11. The van der Waals surface area contributed by atoms with Gasteiger partial charge in [0.1, 0.15) is 0 Å². The smallest absolute Gasteiger partial charge is 0.338 e. The van der Waals surface area contributed by atoms with Crippen molar-refractivity contribution in [2.45, 2.75) is 13.5 Å². The van der Waals surface area contributed by atoms with Crippen LogP contribution in [0.1, 0.15) is 32.1 Å². The maximum absolute atomic E-state index is 13.2. The molecule has 32 heavy (non-hydrogen) atoms. The Labute approximate surface area is 182 Å². The first-order valence-electron chi connectivity index (χ1n) is 9.73. The Kier molecular flexibility index (Phi) is 5.57. The molecule has 4 aromatic rings. The summed E-state index contributed by atoms with van der Waals surface area (Å²) >= 11 is 0. The number of aryl methyl sites for hydroxylation is 1. The van der Waals surface area contributed by atoms with Gasteiger partial charge in [-0.1, -0.05) is 18.2 Å². The fraction of sp³-hybridized carbons (Fsp3) is 0.130. The molecule has 2 aromatic heterocycles. The van der Waals surface area contributed by atoms with Gasteiger partial charge in [-0.05, 0) is 37.3 Å². The molecule has 3 N–H and O–H groups in total. The average molecular weight is 432 g/mol. The first-order chi connectivity index (χ1) is 15.4. The van der Waals surface area contributed by atoms with Crippen LogP contribution in [0.5, 0.6) is 0 Å². The van der Waals surface area contributed by atoms with E-state index in [9.17, 15) is 19.5 Å². The van der Waals surface area contributed by atoms with Crippen molar-refractivity contribution < 1.29 is 19.4 Å². The lowest BCUT2D eigenvalue weighted by atomic mass is 9.99. The predicted octanol–water partition coefficient (Wildman–Crippen LogP) is 3.12. The van der Waals surface area contributed by atoms with E-state index in [4.69, 9.17) is 4.74 Å². The molecule has 0 radical (unpaired) electrons. The maximum atomic E-state index is 13.2. The van der Waals surface area contributed by atoms with Gasteiger partial charge in [-0.15, -0.1) is 0 Å². The monoisotopic (exact) mass is 432 g/mol. The highest BCUT2D eigenvalue weighted by Gasteiger charge is 2.25. The molecule has 0 unspecified atom stereocenters. The van der Waals surface area contributed by atoms with E-state index < -0.39 is 11.9 Å². The highest BCUT2D eigenvalue weighted by atomic mass is 16.5. The predicted molar refractivity (Wildman–Crippen MR) is 118 cm³/mol. The molecule has 0 bridgehead atoms. The minimum atomic E-state index is -1.27. The standard InChI is InChI=1S/C23H20N4O5/c1-13-11-19(28)27(26-13)15-9-7-14(8-10-15)24-22(29)20-16-5-3-4-6-17(16)25-18(12-32-2)21(20)23(30)31/h3-11,26H,12H2,1-2H3,(H,24,29)(H,30,31). The zero-order valence-corrected chi connectivity index (χ0v) is 17.4. The number of carbonyl (C=O) groups is 2. The van der Waals surface area contributed by atoms with Crippen LogP contribution in [0.3, 0.4) is 0 Å². The number of rotatable bonds is 6. The largest absolute Gasteiger partial charge is 0.478 e. The minimum Gasteiger partial charge on any atom is -0.478 e. The second kappa shape index (κ2) is 8.48. The number of methoxy groups -OCH3 is 1. The molecule has 0 fully saturated rings. The quantitative estimate of drug-likeness (QED) is 0.430. The van der Waals surface area contributed by atoms with E-state index in [0.717, 1.165) is 5.69 Å². The van der Waals surface area contributed by atoms with Crippen LogP contribution in [0.15, 0.2) is 59.4 Å². The number of hydrogen-bond acceptors (Lipinski definition) is 5. The van der Waals surface area contributed by atoms with Gasteiger partial charge in [0.15, 0.2) is 0 Å². The van der Waals surface area contributed by atoms with Crippen LogP contribution in [0.2, 0.25) is 0 Å². The van der Waals surface area contributed by atoms with E-state index in [1.54, 1.807) is 55.5 Å². The number of aromatic amines is 1. The van der Waals surface area contributed by atoms with Crippen molar-refractivity contribution >= 4 is 28.5 Å². The number of carbonyl (C=O) groups excluding carboxylic acids is 1. The molecule has 2 aromatic carbocycles.